The Morgan fingerprint density at radius 2 is 1.58 bits per heavy atom. The molecule has 0 N–H and O–H groups in total. The summed E-state index contributed by atoms with van der Waals surface area (Å²) in [6.07, 6.45) is 10.4. The van der Waals surface area contributed by atoms with Crippen molar-refractivity contribution in [1.82, 2.24) is 15.0 Å². The third-order valence-corrected chi connectivity index (χ3v) is 18.5. The lowest BCUT2D eigenvalue weighted by molar-refractivity contribution is -0.216. The van der Waals surface area contributed by atoms with Gasteiger partial charge >= 0.3 is 17.9 Å². The van der Waals surface area contributed by atoms with Gasteiger partial charge in [-0.15, -0.1) is 5.10 Å². The summed E-state index contributed by atoms with van der Waals surface area (Å²) in [5.74, 6) is -0.491. The molecule has 8 rings (SSSR count). The van der Waals surface area contributed by atoms with E-state index in [1.165, 1.54) is 29.7 Å². The third kappa shape index (κ3) is 7.78. The van der Waals surface area contributed by atoms with Crippen LogP contribution in [0.4, 0.5) is 0 Å². The van der Waals surface area contributed by atoms with E-state index in [0.29, 0.717) is 30.7 Å². The molecule has 1 aromatic carbocycles. The molecule has 4 saturated carbocycles. The Labute approximate surface area is 379 Å². The van der Waals surface area contributed by atoms with Crippen molar-refractivity contribution < 1.29 is 42.9 Å². The number of aromatic nitrogens is 3. The Kier molecular flexibility index (Phi) is 12.0. The Bertz CT molecular complexity index is 2200. The minimum atomic E-state index is -0.766. The van der Waals surface area contributed by atoms with Gasteiger partial charge in [-0.3, -0.25) is 24.0 Å². The number of hydrogen-bond acceptors (Lipinski definition) is 11. The van der Waals surface area contributed by atoms with E-state index in [1.54, 1.807) is 13.1 Å². The highest BCUT2D eigenvalue weighted by molar-refractivity contribution is 5.96. The molecule has 2 unspecified atom stereocenters. The molecule has 0 radical (unpaired) electrons. The zero-order valence-corrected chi connectivity index (χ0v) is 39.9. The summed E-state index contributed by atoms with van der Waals surface area (Å²) in [5, 5.41) is 8.54. The lowest BCUT2D eigenvalue weighted by atomic mass is 9.33. The number of aryl methyl sites for hydroxylation is 1. The Morgan fingerprint density at radius 3 is 2.28 bits per heavy atom. The number of esters is 3. The highest BCUT2D eigenvalue weighted by Gasteiger charge is 2.70. The van der Waals surface area contributed by atoms with Crippen molar-refractivity contribution in [2.24, 2.45) is 56.2 Å². The number of ether oxygens (including phenoxy) is 4. The van der Waals surface area contributed by atoms with Gasteiger partial charge in [-0.25, -0.2) is 4.68 Å². The first-order chi connectivity index (χ1) is 30.0. The van der Waals surface area contributed by atoms with Crippen molar-refractivity contribution in [3.63, 3.8) is 0 Å². The van der Waals surface area contributed by atoms with Crippen LogP contribution < -0.4 is 0 Å². The van der Waals surface area contributed by atoms with E-state index in [1.807, 2.05) is 25.1 Å². The Morgan fingerprint density at radius 1 is 0.875 bits per heavy atom. The average molecular weight is 882 g/mol. The second-order valence-electron chi connectivity index (χ2n) is 22.6. The van der Waals surface area contributed by atoms with Gasteiger partial charge in [0.2, 0.25) is 0 Å². The summed E-state index contributed by atoms with van der Waals surface area (Å²) in [7, 11) is 0. The van der Waals surface area contributed by atoms with Gasteiger partial charge < -0.3 is 18.9 Å². The highest BCUT2D eigenvalue weighted by atomic mass is 16.6. The second kappa shape index (κ2) is 16.6. The van der Waals surface area contributed by atoms with Crippen molar-refractivity contribution in [3.05, 3.63) is 59.4 Å². The van der Waals surface area contributed by atoms with Crippen LogP contribution in [0, 0.1) is 56.2 Å². The van der Waals surface area contributed by atoms with Gasteiger partial charge in [-0.1, -0.05) is 82.7 Å². The minimum absolute atomic E-state index is 0.0136. The van der Waals surface area contributed by atoms with Crippen molar-refractivity contribution in [2.45, 2.75) is 177 Å². The molecule has 348 valence electrons. The SMILES string of the molecule is CC(=O)O[C@H]1[C@H](C)OC(n2cc(COC(=O)[C@@]3(C)CC[C@]4(C)CC[C@]5(C)C(=CC(=O)[C@@H]6[C@@]7(C)CC[C@H](C(=O)CCc8ccccc8)C(C)(C)C7CC[C@]65C)[C@H]4C3)nn2)C[C@@H]1OC(C)=O. The van der Waals surface area contributed by atoms with Crippen molar-refractivity contribution in [2.75, 3.05) is 0 Å². The number of benzene rings is 1. The van der Waals surface area contributed by atoms with Crippen LogP contribution in [-0.4, -0.2) is 62.8 Å². The van der Waals surface area contributed by atoms with Crippen LogP contribution in [0.3, 0.4) is 0 Å². The molecule has 0 spiro atoms. The summed E-state index contributed by atoms with van der Waals surface area (Å²) in [4.78, 5) is 67.0. The Balaban J connectivity index is 0.967. The van der Waals surface area contributed by atoms with E-state index in [-0.39, 0.29) is 75.5 Å². The van der Waals surface area contributed by atoms with Crippen LogP contribution in [-0.2, 0) is 55.9 Å². The zero-order chi connectivity index (χ0) is 46.2. The topological polar surface area (TPSA) is 153 Å². The van der Waals surface area contributed by atoms with Crippen LogP contribution in [0.1, 0.15) is 157 Å². The predicted molar refractivity (Wildman–Crippen MR) is 238 cm³/mol. The number of Topliss-reactive ketones (excluding diaryl/α,β-unsaturated/α-hetero) is 1. The number of allylic oxidation sites excluding steroid dienone is 2. The molecular weight excluding hydrogens is 811 g/mol. The molecule has 5 fully saturated rings. The van der Waals surface area contributed by atoms with Gasteiger partial charge in [0.05, 0.1) is 17.7 Å². The fourth-order valence-electron chi connectivity index (χ4n) is 14.7. The van der Waals surface area contributed by atoms with Gasteiger partial charge in [-0.2, -0.15) is 0 Å². The molecule has 64 heavy (non-hydrogen) atoms. The first-order valence-corrected chi connectivity index (χ1v) is 24.0. The summed E-state index contributed by atoms with van der Waals surface area (Å²) in [5.41, 5.74) is 1.19. The average Bonchev–Trinajstić information content (AvgIpc) is 3.70. The maximum absolute atomic E-state index is 15.1. The van der Waals surface area contributed by atoms with E-state index in [2.05, 4.69) is 70.1 Å². The molecule has 12 heteroatoms. The molecule has 2 heterocycles. The molecule has 1 saturated heterocycles. The first-order valence-electron chi connectivity index (χ1n) is 24.0. The summed E-state index contributed by atoms with van der Waals surface area (Å²) in [6, 6.07) is 10.3. The standard InChI is InChI=1S/C52H71N3O9/c1-31-44(64-33(3)57)41(63-32(2)56)27-43(62-31)55-29-35(53-54-55)30-61-46(60)49(7)23-22-48(6)24-25-51(9)37(38(48)28-49)26-40(59)45-50(8)20-18-36(39(58)17-16-34-14-12-11-13-15-34)47(4,5)42(50)19-21-52(45,51)10/h11-15,26,29,31,36,38,41-45H,16-25,27-28,30H2,1-10H3/t31-,36+,38+,41-,42?,43?,44-,45+,48+,49-,50-,51+,52+/m0/s1. The van der Waals surface area contributed by atoms with E-state index in [9.17, 15) is 19.2 Å². The second-order valence-corrected chi connectivity index (χ2v) is 22.6. The zero-order valence-electron chi connectivity index (χ0n) is 39.9. The fourth-order valence-corrected chi connectivity index (χ4v) is 14.7. The smallest absolute Gasteiger partial charge is 0.312 e. The molecule has 0 bridgehead atoms. The van der Waals surface area contributed by atoms with Gasteiger partial charge in [0, 0.05) is 38.5 Å². The summed E-state index contributed by atoms with van der Waals surface area (Å²) in [6.45, 7) is 20.5. The van der Waals surface area contributed by atoms with Crippen molar-refractivity contribution in [3.8, 4) is 0 Å². The number of rotatable bonds is 10. The molecule has 2 aromatic rings. The first kappa shape index (κ1) is 46.3. The van der Waals surface area contributed by atoms with Crippen molar-refractivity contribution in [1.29, 1.82) is 0 Å². The number of nitrogens with zero attached hydrogens (tertiary/aromatic N) is 3. The molecular formula is C52H71N3O9. The molecule has 5 aliphatic carbocycles. The number of ketones is 2. The van der Waals surface area contributed by atoms with Gasteiger partial charge in [-0.05, 0) is 129 Å². The molecule has 6 aliphatic rings. The van der Waals surface area contributed by atoms with E-state index in [4.69, 9.17) is 18.9 Å². The van der Waals surface area contributed by atoms with Crippen LogP contribution >= 0.6 is 0 Å². The number of carbonyl (C=O) groups excluding carboxylic acids is 5. The van der Waals surface area contributed by atoms with Crippen LogP contribution in [0.2, 0.25) is 0 Å². The lowest BCUT2D eigenvalue weighted by Gasteiger charge is -2.70. The van der Waals surface area contributed by atoms with Crippen LogP contribution in [0.15, 0.2) is 48.2 Å². The summed E-state index contributed by atoms with van der Waals surface area (Å²) < 4.78 is 24.6. The predicted octanol–water partition coefficient (Wildman–Crippen LogP) is 9.29. The minimum Gasteiger partial charge on any atom is -0.459 e. The number of fused-ring (bicyclic) bond motifs is 7. The van der Waals surface area contributed by atoms with E-state index < -0.39 is 41.9 Å². The monoisotopic (exact) mass is 882 g/mol. The van der Waals surface area contributed by atoms with Gasteiger partial charge in [0.25, 0.3) is 0 Å². The lowest BCUT2D eigenvalue weighted by Crippen LogP contribution is -2.66. The molecule has 0 amide bonds. The molecule has 1 aromatic heterocycles. The third-order valence-electron chi connectivity index (χ3n) is 18.5. The quantitative estimate of drug-likeness (QED) is 0.166. The van der Waals surface area contributed by atoms with Crippen molar-refractivity contribution >= 4 is 29.5 Å². The van der Waals surface area contributed by atoms with Crippen LogP contribution in [0.25, 0.3) is 0 Å². The maximum Gasteiger partial charge on any atom is 0.312 e. The fraction of sp³-hybridized carbons (Fsp3) is 0.712. The number of carbonyl (C=O) groups is 5. The summed E-state index contributed by atoms with van der Waals surface area (Å²) >= 11 is 0. The maximum atomic E-state index is 15.1. The largest absolute Gasteiger partial charge is 0.459 e. The normalized spacial score (nSPS) is 40.0. The Hall–Kier alpha value is -4.19. The molecule has 13 atom stereocenters. The van der Waals surface area contributed by atoms with Crippen LogP contribution in [0.5, 0.6) is 0 Å². The highest BCUT2D eigenvalue weighted by Crippen LogP contribution is 2.75. The molecule has 12 nitrogen and oxygen atoms in total. The van der Waals surface area contributed by atoms with E-state index >= 15 is 4.79 Å². The number of hydrogen-bond donors (Lipinski definition) is 0. The van der Waals surface area contributed by atoms with Gasteiger partial charge in [0.15, 0.2) is 18.1 Å². The molecule has 1 aliphatic heterocycles. The van der Waals surface area contributed by atoms with E-state index in [0.717, 1.165) is 51.4 Å². The van der Waals surface area contributed by atoms with Gasteiger partial charge in [0.1, 0.15) is 24.2 Å².